The number of halogens is 1. The summed E-state index contributed by atoms with van der Waals surface area (Å²) < 4.78 is 12.8. The third kappa shape index (κ3) is 6.03. The van der Waals surface area contributed by atoms with Crippen LogP contribution < -0.4 is 0 Å². The molecule has 1 saturated heterocycles. The first-order valence-corrected chi connectivity index (χ1v) is 8.17. The molecule has 1 aliphatic rings. The molecular weight excluding hydrogens is 291 g/mol. The Bertz CT molecular complexity index is 455. The van der Waals surface area contributed by atoms with Crippen molar-refractivity contribution in [1.82, 2.24) is 9.80 Å². The van der Waals surface area contributed by atoms with E-state index < -0.39 is 5.97 Å². The molecule has 0 radical (unpaired) electrons. The average Bonchev–Trinajstić information content (AvgIpc) is 2.66. The van der Waals surface area contributed by atoms with Crippen molar-refractivity contribution in [3.63, 3.8) is 0 Å². The maximum atomic E-state index is 12.8. The molecule has 0 atom stereocenters. The molecule has 0 spiro atoms. The van der Waals surface area contributed by atoms with Crippen LogP contribution in [0.2, 0.25) is 0 Å². The van der Waals surface area contributed by atoms with E-state index >= 15 is 0 Å². The van der Waals surface area contributed by atoms with E-state index in [1.807, 2.05) is 4.90 Å². The van der Waals surface area contributed by atoms with Gasteiger partial charge in [0.2, 0.25) is 0 Å². The lowest BCUT2D eigenvalue weighted by molar-refractivity contribution is -0.138. The van der Waals surface area contributed by atoms with E-state index in [2.05, 4.69) is 4.90 Å². The Morgan fingerprint density at radius 2 is 1.81 bits per heavy atom. The standard InChI is InChI=1S/C15H21FN2O2S/c16-13-2-4-14(5-3-13)21-11-10-17-6-1-7-18(9-8-17)12-15(19)20/h2-5H,1,6-12H2,(H,19,20). The van der Waals surface area contributed by atoms with Crippen LogP contribution in [0.4, 0.5) is 4.39 Å². The zero-order valence-corrected chi connectivity index (χ0v) is 12.8. The van der Waals surface area contributed by atoms with E-state index in [1.165, 1.54) is 12.1 Å². The van der Waals surface area contributed by atoms with Crippen molar-refractivity contribution >= 4 is 17.7 Å². The molecule has 116 valence electrons. The molecule has 1 heterocycles. The number of aliphatic carboxylic acids is 1. The van der Waals surface area contributed by atoms with Crippen molar-refractivity contribution in [2.45, 2.75) is 11.3 Å². The van der Waals surface area contributed by atoms with Crippen LogP contribution in [-0.4, -0.2) is 65.9 Å². The monoisotopic (exact) mass is 312 g/mol. The van der Waals surface area contributed by atoms with E-state index in [0.717, 1.165) is 49.8 Å². The predicted octanol–water partition coefficient (Wildman–Crippen LogP) is 2.01. The molecule has 4 nitrogen and oxygen atoms in total. The van der Waals surface area contributed by atoms with Gasteiger partial charge in [0.25, 0.3) is 0 Å². The summed E-state index contributed by atoms with van der Waals surface area (Å²) >= 11 is 1.72. The Kier molecular flexibility index (Phi) is 6.48. The van der Waals surface area contributed by atoms with Crippen molar-refractivity contribution in [2.24, 2.45) is 0 Å². The summed E-state index contributed by atoms with van der Waals surface area (Å²) in [5, 5.41) is 8.83. The Morgan fingerprint density at radius 1 is 1.14 bits per heavy atom. The Labute approximate surface area is 128 Å². The lowest BCUT2D eigenvalue weighted by Gasteiger charge is -2.20. The second-order valence-corrected chi connectivity index (χ2v) is 6.34. The zero-order valence-electron chi connectivity index (χ0n) is 12.0. The molecule has 6 heteroatoms. The zero-order chi connectivity index (χ0) is 15.1. The number of carboxylic acids is 1. The van der Waals surface area contributed by atoms with E-state index in [1.54, 1.807) is 23.9 Å². The van der Waals surface area contributed by atoms with E-state index in [-0.39, 0.29) is 12.4 Å². The molecular formula is C15H21FN2O2S. The molecule has 0 aromatic heterocycles. The van der Waals surface area contributed by atoms with Crippen molar-refractivity contribution < 1.29 is 14.3 Å². The first-order valence-electron chi connectivity index (χ1n) is 7.18. The first-order chi connectivity index (χ1) is 10.1. The van der Waals surface area contributed by atoms with Crippen LogP contribution in [0.15, 0.2) is 29.2 Å². The molecule has 2 rings (SSSR count). The van der Waals surface area contributed by atoms with Crippen LogP contribution in [0.1, 0.15) is 6.42 Å². The minimum atomic E-state index is -0.754. The molecule has 0 aliphatic carbocycles. The maximum absolute atomic E-state index is 12.8. The number of thioether (sulfide) groups is 1. The summed E-state index contributed by atoms with van der Waals surface area (Å²) in [5.74, 6) is 0.00518. The Balaban J connectivity index is 1.69. The molecule has 1 aromatic rings. The molecule has 1 fully saturated rings. The first kappa shape index (κ1) is 16.3. The van der Waals surface area contributed by atoms with Crippen LogP contribution in [-0.2, 0) is 4.79 Å². The molecule has 0 amide bonds. The van der Waals surface area contributed by atoms with Crippen LogP contribution in [0.5, 0.6) is 0 Å². The van der Waals surface area contributed by atoms with Gasteiger partial charge in [0, 0.05) is 36.8 Å². The fraction of sp³-hybridized carbons (Fsp3) is 0.533. The van der Waals surface area contributed by atoms with Gasteiger partial charge in [-0.05, 0) is 37.2 Å². The molecule has 0 saturated carbocycles. The van der Waals surface area contributed by atoms with Crippen LogP contribution >= 0.6 is 11.8 Å². The minimum Gasteiger partial charge on any atom is -0.480 e. The van der Waals surface area contributed by atoms with Crippen molar-refractivity contribution in [1.29, 1.82) is 0 Å². The third-order valence-electron chi connectivity index (χ3n) is 3.53. The Hall–Kier alpha value is -1.11. The van der Waals surface area contributed by atoms with Crippen LogP contribution in [0.3, 0.4) is 0 Å². The van der Waals surface area contributed by atoms with Gasteiger partial charge in [-0.1, -0.05) is 0 Å². The smallest absolute Gasteiger partial charge is 0.317 e. The quantitative estimate of drug-likeness (QED) is 0.814. The van der Waals surface area contributed by atoms with Gasteiger partial charge in [-0.25, -0.2) is 4.39 Å². The predicted molar refractivity (Wildman–Crippen MR) is 82.3 cm³/mol. The van der Waals surface area contributed by atoms with Gasteiger partial charge in [0.05, 0.1) is 6.54 Å². The highest BCUT2D eigenvalue weighted by Crippen LogP contribution is 2.18. The number of hydrogen-bond acceptors (Lipinski definition) is 4. The molecule has 0 unspecified atom stereocenters. The molecule has 1 N–H and O–H groups in total. The van der Waals surface area contributed by atoms with Gasteiger partial charge in [-0.2, -0.15) is 0 Å². The number of nitrogens with zero attached hydrogens (tertiary/aromatic N) is 2. The van der Waals surface area contributed by atoms with Crippen LogP contribution in [0.25, 0.3) is 0 Å². The van der Waals surface area contributed by atoms with E-state index in [9.17, 15) is 9.18 Å². The van der Waals surface area contributed by atoms with Crippen molar-refractivity contribution in [3.8, 4) is 0 Å². The average molecular weight is 312 g/mol. The second-order valence-electron chi connectivity index (χ2n) is 5.17. The summed E-state index contributed by atoms with van der Waals surface area (Å²) in [4.78, 5) is 16.2. The number of rotatable bonds is 6. The number of hydrogen-bond donors (Lipinski definition) is 1. The van der Waals surface area contributed by atoms with Crippen molar-refractivity contribution in [3.05, 3.63) is 30.1 Å². The highest BCUT2D eigenvalue weighted by Gasteiger charge is 2.16. The number of benzene rings is 1. The van der Waals surface area contributed by atoms with Gasteiger partial charge in [-0.3, -0.25) is 9.69 Å². The summed E-state index contributed by atoms with van der Waals surface area (Å²) in [6.45, 7) is 4.71. The second kappa shape index (κ2) is 8.36. The third-order valence-corrected chi connectivity index (χ3v) is 4.52. The lowest BCUT2D eigenvalue weighted by atomic mass is 10.4. The van der Waals surface area contributed by atoms with Gasteiger partial charge >= 0.3 is 5.97 Å². The van der Waals surface area contributed by atoms with Gasteiger partial charge in [0.15, 0.2) is 0 Å². The summed E-state index contributed by atoms with van der Waals surface area (Å²) in [7, 11) is 0. The normalized spacial score (nSPS) is 17.6. The summed E-state index contributed by atoms with van der Waals surface area (Å²) in [6, 6.07) is 6.57. The number of carboxylic acid groups (broad SMARTS) is 1. The van der Waals surface area contributed by atoms with Crippen molar-refractivity contribution in [2.75, 3.05) is 45.0 Å². The van der Waals surface area contributed by atoms with Gasteiger partial charge in [-0.15, -0.1) is 11.8 Å². The molecule has 0 bridgehead atoms. The van der Waals surface area contributed by atoms with Crippen LogP contribution in [0, 0.1) is 5.82 Å². The molecule has 1 aliphatic heterocycles. The summed E-state index contributed by atoms with van der Waals surface area (Å²) in [6.07, 6.45) is 1.01. The number of carbonyl (C=O) groups is 1. The Morgan fingerprint density at radius 3 is 2.52 bits per heavy atom. The topological polar surface area (TPSA) is 43.8 Å². The maximum Gasteiger partial charge on any atom is 0.317 e. The van der Waals surface area contributed by atoms with E-state index in [4.69, 9.17) is 5.11 Å². The fourth-order valence-corrected chi connectivity index (χ4v) is 3.33. The van der Waals surface area contributed by atoms with E-state index in [0.29, 0.717) is 0 Å². The van der Waals surface area contributed by atoms with Gasteiger partial charge in [0.1, 0.15) is 5.82 Å². The summed E-state index contributed by atoms with van der Waals surface area (Å²) in [5.41, 5.74) is 0. The largest absolute Gasteiger partial charge is 0.480 e. The molecule has 1 aromatic carbocycles. The molecule has 21 heavy (non-hydrogen) atoms. The lowest BCUT2D eigenvalue weighted by Crippen LogP contribution is -2.34. The highest BCUT2D eigenvalue weighted by molar-refractivity contribution is 7.99. The highest BCUT2D eigenvalue weighted by atomic mass is 32.2. The SMILES string of the molecule is O=C(O)CN1CCCN(CCSc2ccc(F)cc2)CC1. The van der Waals surface area contributed by atoms with Gasteiger partial charge < -0.3 is 10.0 Å². The minimum absolute atomic E-state index is 0.137. The fourth-order valence-electron chi connectivity index (χ4n) is 2.42.